The van der Waals surface area contributed by atoms with Crippen LogP contribution < -0.4 is 4.74 Å². The minimum atomic E-state index is -0.559. The van der Waals surface area contributed by atoms with E-state index >= 15 is 0 Å². The van der Waals surface area contributed by atoms with Crippen molar-refractivity contribution in [1.29, 1.82) is 0 Å². The molecular formula is C20H23N3O3S. The van der Waals surface area contributed by atoms with Gasteiger partial charge in [-0.2, -0.15) is 4.98 Å². The van der Waals surface area contributed by atoms with Crippen LogP contribution in [0.15, 0.2) is 40.2 Å². The highest BCUT2D eigenvalue weighted by molar-refractivity contribution is 7.13. The summed E-state index contributed by atoms with van der Waals surface area (Å²) in [6, 6.07) is 9.81. The van der Waals surface area contributed by atoms with Crippen LogP contribution in [0.5, 0.6) is 5.75 Å². The normalized spacial score (nSPS) is 12.0. The lowest BCUT2D eigenvalue weighted by atomic mass is 10.1. The standard InChI is InChI=1S/C20H23N3O3S/c1-5-16(25-15-10-13(2)9-14(3)11-15)20(24)23(4)12-18-21-19(22-26-18)17-7-6-8-27-17/h6-11,16H,5,12H2,1-4H3. The minimum Gasteiger partial charge on any atom is -0.481 e. The fourth-order valence-corrected chi connectivity index (χ4v) is 3.47. The summed E-state index contributed by atoms with van der Waals surface area (Å²) < 4.78 is 11.2. The SMILES string of the molecule is CCC(Oc1cc(C)cc(C)c1)C(=O)N(C)Cc1nc(-c2cccs2)no1. The zero-order chi connectivity index (χ0) is 19.4. The number of amides is 1. The van der Waals surface area contributed by atoms with Gasteiger partial charge in [0.25, 0.3) is 5.91 Å². The molecule has 2 aromatic heterocycles. The van der Waals surface area contributed by atoms with Gasteiger partial charge in [0.1, 0.15) is 5.75 Å². The Balaban J connectivity index is 1.66. The van der Waals surface area contributed by atoms with Crippen LogP contribution in [-0.2, 0) is 11.3 Å². The molecule has 0 saturated carbocycles. The average Bonchev–Trinajstić information content (AvgIpc) is 3.29. The second kappa shape index (κ2) is 8.35. The van der Waals surface area contributed by atoms with Gasteiger partial charge < -0.3 is 14.2 Å². The third-order valence-electron chi connectivity index (χ3n) is 4.08. The molecule has 1 unspecified atom stereocenters. The fraction of sp³-hybridized carbons (Fsp3) is 0.350. The summed E-state index contributed by atoms with van der Waals surface area (Å²) in [4.78, 5) is 19.7. The first-order chi connectivity index (χ1) is 13.0. The molecule has 0 spiro atoms. The maximum atomic E-state index is 12.8. The number of ether oxygens (including phenoxy) is 1. The molecule has 1 amide bonds. The van der Waals surface area contributed by atoms with Crippen LogP contribution in [0.3, 0.4) is 0 Å². The van der Waals surface area contributed by atoms with Crippen molar-refractivity contribution >= 4 is 17.2 Å². The summed E-state index contributed by atoms with van der Waals surface area (Å²) in [6.45, 7) is 6.19. The van der Waals surface area contributed by atoms with Gasteiger partial charge in [-0.3, -0.25) is 4.79 Å². The van der Waals surface area contributed by atoms with Crippen molar-refractivity contribution in [2.24, 2.45) is 0 Å². The molecule has 0 saturated heterocycles. The second-order valence-corrected chi connectivity index (χ2v) is 7.47. The molecule has 142 valence electrons. The Morgan fingerprint density at radius 3 is 2.67 bits per heavy atom. The van der Waals surface area contributed by atoms with E-state index in [2.05, 4.69) is 16.2 Å². The highest BCUT2D eigenvalue weighted by Gasteiger charge is 2.24. The largest absolute Gasteiger partial charge is 0.481 e. The molecule has 0 bridgehead atoms. The van der Waals surface area contributed by atoms with Crippen molar-refractivity contribution in [3.63, 3.8) is 0 Å². The van der Waals surface area contributed by atoms with E-state index in [1.807, 2.05) is 50.4 Å². The fourth-order valence-electron chi connectivity index (χ4n) is 2.83. The third-order valence-corrected chi connectivity index (χ3v) is 4.94. The number of rotatable bonds is 7. The highest BCUT2D eigenvalue weighted by Crippen LogP contribution is 2.22. The first-order valence-corrected chi connectivity index (χ1v) is 9.70. The Kier molecular flexibility index (Phi) is 5.91. The molecule has 1 aromatic carbocycles. The lowest BCUT2D eigenvalue weighted by Crippen LogP contribution is -2.39. The lowest BCUT2D eigenvalue weighted by molar-refractivity contribution is -0.138. The monoisotopic (exact) mass is 385 g/mol. The van der Waals surface area contributed by atoms with Crippen molar-refractivity contribution in [3.05, 3.63) is 52.7 Å². The van der Waals surface area contributed by atoms with Gasteiger partial charge in [0.05, 0.1) is 11.4 Å². The van der Waals surface area contributed by atoms with E-state index in [1.54, 1.807) is 23.3 Å². The van der Waals surface area contributed by atoms with E-state index in [1.165, 1.54) is 0 Å². The maximum absolute atomic E-state index is 12.8. The Bertz CT molecular complexity index is 885. The molecule has 0 N–H and O–H groups in total. The number of hydrogen-bond donors (Lipinski definition) is 0. The summed E-state index contributed by atoms with van der Waals surface area (Å²) in [6.07, 6.45) is 0.0105. The van der Waals surface area contributed by atoms with Gasteiger partial charge in [0.2, 0.25) is 11.7 Å². The van der Waals surface area contributed by atoms with Gasteiger partial charge in [-0.05, 0) is 55.0 Å². The summed E-state index contributed by atoms with van der Waals surface area (Å²) in [5, 5.41) is 5.93. The van der Waals surface area contributed by atoms with E-state index < -0.39 is 6.10 Å². The van der Waals surface area contributed by atoms with E-state index in [9.17, 15) is 4.79 Å². The van der Waals surface area contributed by atoms with Gasteiger partial charge in [-0.15, -0.1) is 11.3 Å². The number of likely N-dealkylation sites (N-methyl/N-ethyl adjacent to an activating group) is 1. The van der Waals surface area contributed by atoms with E-state index in [0.717, 1.165) is 16.0 Å². The van der Waals surface area contributed by atoms with Crippen LogP contribution in [0.25, 0.3) is 10.7 Å². The molecule has 2 heterocycles. The minimum absolute atomic E-state index is 0.118. The molecule has 27 heavy (non-hydrogen) atoms. The number of carbonyl (C=O) groups is 1. The molecule has 7 heteroatoms. The van der Waals surface area contributed by atoms with Gasteiger partial charge in [-0.1, -0.05) is 24.2 Å². The van der Waals surface area contributed by atoms with Crippen LogP contribution in [0.1, 0.15) is 30.4 Å². The molecule has 0 aliphatic rings. The van der Waals surface area contributed by atoms with Crippen molar-refractivity contribution in [3.8, 4) is 16.5 Å². The molecule has 3 rings (SSSR count). The van der Waals surface area contributed by atoms with Crippen molar-refractivity contribution in [1.82, 2.24) is 15.0 Å². The number of benzene rings is 1. The van der Waals surface area contributed by atoms with Gasteiger partial charge in [0.15, 0.2) is 6.10 Å². The Morgan fingerprint density at radius 2 is 2.04 bits per heavy atom. The number of thiophene rings is 1. The maximum Gasteiger partial charge on any atom is 0.263 e. The Hall–Kier alpha value is -2.67. The molecular weight excluding hydrogens is 362 g/mol. The molecule has 6 nitrogen and oxygen atoms in total. The number of aryl methyl sites for hydroxylation is 2. The molecule has 0 radical (unpaired) electrons. The first kappa shape index (κ1) is 19.1. The number of aromatic nitrogens is 2. The van der Waals surface area contributed by atoms with Crippen LogP contribution in [-0.4, -0.2) is 34.1 Å². The number of nitrogens with zero attached hydrogens (tertiary/aromatic N) is 3. The third kappa shape index (κ3) is 4.74. The second-order valence-electron chi connectivity index (χ2n) is 6.52. The van der Waals surface area contributed by atoms with Gasteiger partial charge in [-0.25, -0.2) is 0 Å². The summed E-state index contributed by atoms with van der Waals surface area (Å²) in [5.74, 6) is 1.53. The summed E-state index contributed by atoms with van der Waals surface area (Å²) in [7, 11) is 1.71. The lowest BCUT2D eigenvalue weighted by Gasteiger charge is -2.23. The Labute approximate surface area is 162 Å². The zero-order valence-corrected chi connectivity index (χ0v) is 16.7. The van der Waals surface area contributed by atoms with Crippen molar-refractivity contribution < 1.29 is 14.1 Å². The molecule has 0 fully saturated rings. The molecule has 3 aromatic rings. The number of hydrogen-bond acceptors (Lipinski definition) is 6. The smallest absolute Gasteiger partial charge is 0.263 e. The van der Waals surface area contributed by atoms with E-state index in [-0.39, 0.29) is 12.5 Å². The topological polar surface area (TPSA) is 68.5 Å². The summed E-state index contributed by atoms with van der Waals surface area (Å²) in [5.41, 5.74) is 2.21. The van der Waals surface area contributed by atoms with Crippen LogP contribution >= 0.6 is 11.3 Å². The van der Waals surface area contributed by atoms with E-state index in [4.69, 9.17) is 9.26 Å². The highest BCUT2D eigenvalue weighted by atomic mass is 32.1. The predicted molar refractivity (Wildman–Crippen MR) is 105 cm³/mol. The Morgan fingerprint density at radius 1 is 1.30 bits per heavy atom. The van der Waals surface area contributed by atoms with Crippen molar-refractivity contribution in [2.45, 2.75) is 39.8 Å². The average molecular weight is 385 g/mol. The molecule has 1 atom stereocenters. The van der Waals surface area contributed by atoms with Crippen molar-refractivity contribution in [2.75, 3.05) is 7.05 Å². The summed E-state index contributed by atoms with van der Waals surface area (Å²) >= 11 is 1.54. The predicted octanol–water partition coefficient (Wildman–Crippen LogP) is 4.23. The van der Waals surface area contributed by atoms with Crippen LogP contribution in [0, 0.1) is 13.8 Å². The van der Waals surface area contributed by atoms with Crippen LogP contribution in [0.4, 0.5) is 0 Å². The number of carbonyl (C=O) groups excluding carboxylic acids is 1. The zero-order valence-electron chi connectivity index (χ0n) is 15.9. The van der Waals surface area contributed by atoms with E-state index in [0.29, 0.717) is 23.9 Å². The molecule has 0 aliphatic heterocycles. The first-order valence-electron chi connectivity index (χ1n) is 8.82. The van der Waals surface area contributed by atoms with Gasteiger partial charge in [0, 0.05) is 7.05 Å². The quantitative estimate of drug-likeness (QED) is 0.609. The molecule has 0 aliphatic carbocycles. The van der Waals surface area contributed by atoms with Gasteiger partial charge >= 0.3 is 0 Å². The van der Waals surface area contributed by atoms with Crippen LogP contribution in [0.2, 0.25) is 0 Å².